The molecule has 74 valence electrons. The van der Waals surface area contributed by atoms with Gasteiger partial charge < -0.3 is 14.8 Å². The van der Waals surface area contributed by atoms with Crippen LogP contribution in [0.1, 0.15) is 0 Å². The summed E-state index contributed by atoms with van der Waals surface area (Å²) in [7, 11) is 1.57. The topological polar surface area (TPSA) is 47.6 Å². The average molecular weight is 258 g/mol. The number of nitrogens with one attached hydrogen (secondary N) is 1. The first kappa shape index (κ1) is 9.33. The molecule has 0 bridgehead atoms. The molecule has 1 unspecified atom stereocenters. The third-order valence-electron chi connectivity index (χ3n) is 1.88. The zero-order valence-corrected chi connectivity index (χ0v) is 9.00. The molecule has 1 amide bonds. The number of ether oxygens (including phenoxy) is 2. The van der Waals surface area contributed by atoms with Crippen molar-refractivity contribution >= 4 is 27.5 Å². The van der Waals surface area contributed by atoms with Crippen LogP contribution in [0.25, 0.3) is 0 Å². The Morgan fingerprint density at radius 2 is 2.36 bits per heavy atom. The number of benzene rings is 1. The van der Waals surface area contributed by atoms with Gasteiger partial charge in [-0.3, -0.25) is 4.79 Å². The Labute approximate surface area is 89.3 Å². The molecule has 0 fully saturated rings. The van der Waals surface area contributed by atoms with Crippen LogP contribution in [0, 0.1) is 0 Å². The van der Waals surface area contributed by atoms with Crippen molar-refractivity contribution in [2.45, 2.75) is 5.01 Å². The highest BCUT2D eigenvalue weighted by Crippen LogP contribution is 2.33. The maximum atomic E-state index is 11.2. The lowest BCUT2D eigenvalue weighted by molar-refractivity contribution is -0.119. The minimum Gasteiger partial charge on any atom is -0.497 e. The predicted octanol–water partition coefficient (Wildman–Crippen LogP) is 1.75. The molecule has 2 rings (SSSR count). The van der Waals surface area contributed by atoms with Crippen LogP contribution >= 0.6 is 15.9 Å². The van der Waals surface area contributed by atoms with Crippen molar-refractivity contribution in [3.05, 3.63) is 18.2 Å². The van der Waals surface area contributed by atoms with Crippen LogP contribution in [-0.4, -0.2) is 18.0 Å². The molecule has 1 heterocycles. The van der Waals surface area contributed by atoms with Crippen LogP contribution < -0.4 is 14.8 Å². The lowest BCUT2D eigenvalue weighted by Crippen LogP contribution is -2.32. The van der Waals surface area contributed by atoms with Crippen molar-refractivity contribution in [1.82, 2.24) is 0 Å². The number of fused-ring (bicyclic) bond motifs is 1. The van der Waals surface area contributed by atoms with Gasteiger partial charge >= 0.3 is 0 Å². The van der Waals surface area contributed by atoms with Gasteiger partial charge in [-0.15, -0.1) is 0 Å². The summed E-state index contributed by atoms with van der Waals surface area (Å²) in [5.74, 6) is 1.10. The number of hydrogen-bond acceptors (Lipinski definition) is 3. The second kappa shape index (κ2) is 3.49. The molecule has 14 heavy (non-hydrogen) atoms. The maximum absolute atomic E-state index is 11.2. The Morgan fingerprint density at radius 1 is 1.57 bits per heavy atom. The molecule has 0 spiro atoms. The van der Waals surface area contributed by atoms with Crippen LogP contribution in [0.15, 0.2) is 18.2 Å². The lowest BCUT2D eigenvalue weighted by atomic mass is 10.2. The van der Waals surface area contributed by atoms with Gasteiger partial charge in [0.15, 0.2) is 0 Å². The number of hydrogen-bond donors (Lipinski definition) is 1. The summed E-state index contributed by atoms with van der Waals surface area (Å²) < 4.78 is 10.3. The van der Waals surface area contributed by atoms with Crippen LogP contribution in [0.3, 0.4) is 0 Å². The molecular formula is C9H8BrNO3. The van der Waals surface area contributed by atoms with E-state index in [-0.39, 0.29) is 5.91 Å². The molecule has 0 saturated heterocycles. The standard InChI is InChI=1S/C9H8BrNO3/c1-13-5-2-3-7-6(4-5)11-9(12)8(10)14-7/h2-4,8H,1H3,(H,11,12). The van der Waals surface area contributed by atoms with Crippen molar-refractivity contribution in [1.29, 1.82) is 0 Å². The second-order valence-electron chi connectivity index (χ2n) is 2.79. The summed E-state index contributed by atoms with van der Waals surface area (Å²) in [5.41, 5.74) is 0.630. The molecule has 0 aliphatic carbocycles. The van der Waals surface area contributed by atoms with Gasteiger partial charge in [0.25, 0.3) is 5.91 Å². The van der Waals surface area contributed by atoms with Crippen LogP contribution in [0.2, 0.25) is 0 Å². The minimum absolute atomic E-state index is 0.217. The molecule has 1 aromatic rings. The quantitative estimate of drug-likeness (QED) is 0.780. The molecule has 0 aromatic heterocycles. The average Bonchev–Trinajstić information content (AvgIpc) is 2.19. The number of anilines is 1. The predicted molar refractivity (Wildman–Crippen MR) is 55.0 cm³/mol. The van der Waals surface area contributed by atoms with Crippen LogP contribution in [-0.2, 0) is 4.79 Å². The summed E-state index contributed by atoms with van der Waals surface area (Å²) in [5, 5.41) is 2.07. The number of methoxy groups -OCH3 is 1. The van der Waals surface area contributed by atoms with Crippen molar-refractivity contribution in [3.63, 3.8) is 0 Å². The van der Waals surface area contributed by atoms with Gasteiger partial charge in [-0.05, 0) is 28.1 Å². The van der Waals surface area contributed by atoms with Gasteiger partial charge in [0.2, 0.25) is 5.01 Å². The van der Waals surface area contributed by atoms with E-state index in [9.17, 15) is 4.79 Å². The van der Waals surface area contributed by atoms with E-state index in [0.29, 0.717) is 17.2 Å². The number of rotatable bonds is 1. The van der Waals surface area contributed by atoms with E-state index in [4.69, 9.17) is 9.47 Å². The molecule has 1 aliphatic heterocycles. The number of carbonyl (C=O) groups excluding carboxylic acids is 1. The molecule has 0 saturated carbocycles. The van der Waals surface area contributed by atoms with E-state index in [1.165, 1.54) is 0 Å². The zero-order chi connectivity index (χ0) is 10.1. The maximum Gasteiger partial charge on any atom is 0.276 e. The molecule has 1 N–H and O–H groups in total. The molecule has 1 aromatic carbocycles. The highest BCUT2D eigenvalue weighted by atomic mass is 79.9. The fourth-order valence-electron chi connectivity index (χ4n) is 1.19. The fraction of sp³-hybridized carbons (Fsp3) is 0.222. The first-order chi connectivity index (χ1) is 6.70. The molecule has 5 heteroatoms. The zero-order valence-electron chi connectivity index (χ0n) is 7.41. The van der Waals surface area contributed by atoms with E-state index in [1.54, 1.807) is 25.3 Å². The smallest absolute Gasteiger partial charge is 0.276 e. The Balaban J connectivity index is 2.37. The highest BCUT2D eigenvalue weighted by molar-refractivity contribution is 9.09. The van der Waals surface area contributed by atoms with Crippen molar-refractivity contribution in [3.8, 4) is 11.5 Å². The Kier molecular flexibility index (Phi) is 2.33. The summed E-state index contributed by atoms with van der Waals surface area (Å²) in [6, 6.07) is 5.24. The van der Waals surface area contributed by atoms with Gasteiger partial charge in [0.05, 0.1) is 12.8 Å². The first-order valence-corrected chi connectivity index (χ1v) is 4.92. The number of carbonyl (C=O) groups is 1. The van der Waals surface area contributed by atoms with E-state index in [0.717, 1.165) is 0 Å². The SMILES string of the molecule is COc1ccc2c(c1)NC(=O)C(Br)O2. The van der Waals surface area contributed by atoms with E-state index in [2.05, 4.69) is 21.2 Å². The number of amides is 1. The Hall–Kier alpha value is -1.23. The van der Waals surface area contributed by atoms with E-state index in [1.807, 2.05) is 0 Å². The molecule has 1 atom stereocenters. The molecular weight excluding hydrogens is 250 g/mol. The Bertz CT molecular complexity index is 380. The third kappa shape index (κ3) is 1.55. The summed E-state index contributed by atoms with van der Waals surface area (Å²) in [6.45, 7) is 0. The van der Waals surface area contributed by atoms with Gasteiger partial charge in [-0.1, -0.05) is 0 Å². The molecule has 4 nitrogen and oxygen atoms in total. The second-order valence-corrected chi connectivity index (χ2v) is 3.62. The summed E-state index contributed by atoms with van der Waals surface area (Å²) >= 11 is 3.09. The van der Waals surface area contributed by atoms with Crippen molar-refractivity contribution < 1.29 is 14.3 Å². The van der Waals surface area contributed by atoms with Crippen LogP contribution in [0.5, 0.6) is 11.5 Å². The monoisotopic (exact) mass is 257 g/mol. The van der Waals surface area contributed by atoms with E-state index >= 15 is 0 Å². The third-order valence-corrected chi connectivity index (χ3v) is 2.48. The normalized spacial score (nSPS) is 19.3. The first-order valence-electron chi connectivity index (χ1n) is 4.00. The molecule has 1 aliphatic rings. The van der Waals surface area contributed by atoms with Crippen molar-refractivity contribution in [2.75, 3.05) is 12.4 Å². The van der Waals surface area contributed by atoms with Crippen LogP contribution in [0.4, 0.5) is 5.69 Å². The minimum atomic E-state index is -0.622. The Morgan fingerprint density at radius 3 is 3.07 bits per heavy atom. The van der Waals surface area contributed by atoms with Gasteiger partial charge in [0, 0.05) is 6.07 Å². The van der Waals surface area contributed by atoms with E-state index < -0.39 is 5.01 Å². The lowest BCUT2D eigenvalue weighted by Gasteiger charge is -2.22. The largest absolute Gasteiger partial charge is 0.497 e. The fourth-order valence-corrected chi connectivity index (χ4v) is 1.51. The molecule has 0 radical (unpaired) electrons. The van der Waals surface area contributed by atoms with Gasteiger partial charge in [-0.25, -0.2) is 0 Å². The summed E-state index contributed by atoms with van der Waals surface area (Å²) in [4.78, 5) is 11.2. The van der Waals surface area contributed by atoms with Crippen molar-refractivity contribution in [2.24, 2.45) is 0 Å². The highest BCUT2D eigenvalue weighted by Gasteiger charge is 2.24. The van der Waals surface area contributed by atoms with Gasteiger partial charge in [-0.2, -0.15) is 0 Å². The van der Waals surface area contributed by atoms with Gasteiger partial charge in [0.1, 0.15) is 11.5 Å². The number of alkyl halides is 1. The summed E-state index contributed by atoms with van der Waals surface area (Å²) in [6.07, 6.45) is 0. The number of halogens is 1.